The van der Waals surface area contributed by atoms with Crippen LogP contribution in [-0.2, 0) is 0 Å². The molecule has 1 atom stereocenters. The van der Waals surface area contributed by atoms with E-state index in [2.05, 4.69) is 15.9 Å². The molecule has 0 unspecified atom stereocenters. The Balaban J connectivity index is 2.00. The van der Waals surface area contributed by atoms with E-state index in [0.717, 1.165) is 22.4 Å². The molecule has 0 aromatic heterocycles. The van der Waals surface area contributed by atoms with Crippen molar-refractivity contribution in [2.75, 3.05) is 6.61 Å². The van der Waals surface area contributed by atoms with Gasteiger partial charge in [-0.3, -0.25) is 0 Å². The molecule has 2 rings (SSSR count). The van der Waals surface area contributed by atoms with Crippen LogP contribution >= 0.6 is 15.9 Å². The highest BCUT2D eigenvalue weighted by molar-refractivity contribution is 9.10. The quantitative estimate of drug-likeness (QED) is 0.889. The normalized spacial score (nSPS) is 18.6. The van der Waals surface area contributed by atoms with Crippen molar-refractivity contribution in [3.63, 3.8) is 0 Å². The van der Waals surface area contributed by atoms with Gasteiger partial charge in [-0.25, -0.2) is 0 Å². The zero-order valence-corrected chi connectivity index (χ0v) is 12.4. The third-order valence-corrected chi connectivity index (χ3v) is 4.12. The van der Waals surface area contributed by atoms with Crippen LogP contribution in [0.25, 0.3) is 0 Å². The predicted molar refractivity (Wildman–Crippen MR) is 76.8 cm³/mol. The number of hydrogen-bond donors (Lipinski definition) is 1. The molecule has 0 radical (unpaired) electrons. The predicted octanol–water partition coefficient (Wildman–Crippen LogP) is 4.46. The zero-order chi connectivity index (χ0) is 13.0. The average molecular weight is 313 g/mol. The molecule has 1 aliphatic rings. The highest BCUT2D eigenvalue weighted by atomic mass is 79.9. The molecule has 0 amide bonds. The van der Waals surface area contributed by atoms with Crippen molar-refractivity contribution >= 4 is 15.9 Å². The van der Waals surface area contributed by atoms with Crippen LogP contribution in [0.3, 0.4) is 0 Å². The molecular weight excluding hydrogens is 292 g/mol. The summed E-state index contributed by atoms with van der Waals surface area (Å²) in [5.41, 5.74) is 0.869. The van der Waals surface area contributed by atoms with E-state index in [1.54, 1.807) is 6.92 Å². The Morgan fingerprint density at radius 2 is 2.06 bits per heavy atom. The molecule has 1 N–H and O–H groups in total. The van der Waals surface area contributed by atoms with Crippen molar-refractivity contribution in [3.8, 4) is 5.75 Å². The molecular formula is C15H21BrO2. The van der Waals surface area contributed by atoms with Gasteiger partial charge < -0.3 is 9.84 Å². The van der Waals surface area contributed by atoms with Gasteiger partial charge in [0.15, 0.2) is 0 Å². The number of halogens is 1. The topological polar surface area (TPSA) is 29.5 Å². The highest BCUT2D eigenvalue weighted by Gasteiger charge is 2.16. The molecule has 1 fully saturated rings. The van der Waals surface area contributed by atoms with Gasteiger partial charge in [-0.2, -0.15) is 0 Å². The molecule has 0 heterocycles. The molecule has 100 valence electrons. The van der Waals surface area contributed by atoms with Gasteiger partial charge in [-0.15, -0.1) is 0 Å². The second-order valence-corrected chi connectivity index (χ2v) is 6.09. The first-order valence-corrected chi connectivity index (χ1v) is 7.56. The Bertz CT molecular complexity index is 384. The van der Waals surface area contributed by atoms with Gasteiger partial charge >= 0.3 is 0 Å². The number of rotatable bonds is 4. The third kappa shape index (κ3) is 3.72. The van der Waals surface area contributed by atoms with Crippen LogP contribution in [0, 0.1) is 5.92 Å². The summed E-state index contributed by atoms with van der Waals surface area (Å²) < 4.78 is 6.92. The molecule has 1 saturated carbocycles. The summed E-state index contributed by atoms with van der Waals surface area (Å²) in [6.45, 7) is 2.55. The average Bonchev–Trinajstić information content (AvgIpc) is 2.37. The van der Waals surface area contributed by atoms with E-state index >= 15 is 0 Å². The fourth-order valence-corrected chi connectivity index (χ4v) is 2.88. The lowest BCUT2D eigenvalue weighted by Gasteiger charge is -2.23. The molecule has 0 aliphatic heterocycles. The molecule has 1 aromatic rings. The smallest absolute Gasteiger partial charge is 0.126 e. The second-order valence-electron chi connectivity index (χ2n) is 5.17. The van der Waals surface area contributed by atoms with E-state index < -0.39 is 6.10 Å². The summed E-state index contributed by atoms with van der Waals surface area (Å²) in [5, 5.41) is 9.74. The molecule has 1 aliphatic carbocycles. The Kier molecular flexibility index (Phi) is 5.07. The van der Waals surface area contributed by atoms with Crippen LogP contribution in [-0.4, -0.2) is 11.7 Å². The van der Waals surface area contributed by atoms with Crippen molar-refractivity contribution in [2.45, 2.75) is 45.1 Å². The number of hydrogen-bond acceptors (Lipinski definition) is 2. The van der Waals surface area contributed by atoms with Crippen molar-refractivity contribution in [3.05, 3.63) is 28.2 Å². The highest BCUT2D eigenvalue weighted by Crippen LogP contribution is 2.30. The monoisotopic (exact) mass is 312 g/mol. The maximum absolute atomic E-state index is 9.74. The van der Waals surface area contributed by atoms with Crippen LogP contribution in [0.1, 0.15) is 50.7 Å². The van der Waals surface area contributed by atoms with E-state index in [1.165, 1.54) is 32.1 Å². The maximum Gasteiger partial charge on any atom is 0.126 e. The third-order valence-electron chi connectivity index (χ3n) is 3.62. The van der Waals surface area contributed by atoms with Crippen LogP contribution in [0.2, 0.25) is 0 Å². The van der Waals surface area contributed by atoms with Gasteiger partial charge in [-0.1, -0.05) is 41.3 Å². The van der Waals surface area contributed by atoms with Crippen molar-refractivity contribution < 1.29 is 9.84 Å². The fourth-order valence-electron chi connectivity index (χ4n) is 2.54. The first-order chi connectivity index (χ1) is 8.66. The summed E-state index contributed by atoms with van der Waals surface area (Å²) in [7, 11) is 0. The Hall–Kier alpha value is -0.540. The number of aliphatic hydroxyl groups is 1. The molecule has 0 bridgehead atoms. The SMILES string of the molecule is C[C@H](O)c1ccc(Br)cc1OCC1CCCCC1. The molecule has 1 aromatic carbocycles. The summed E-state index contributed by atoms with van der Waals surface area (Å²) in [6, 6.07) is 5.81. The van der Waals surface area contributed by atoms with Gasteiger partial charge in [0.1, 0.15) is 5.75 Å². The molecule has 0 saturated heterocycles. The Morgan fingerprint density at radius 1 is 1.33 bits per heavy atom. The lowest BCUT2D eigenvalue weighted by molar-refractivity contribution is 0.177. The van der Waals surface area contributed by atoms with Crippen molar-refractivity contribution in [1.82, 2.24) is 0 Å². The minimum Gasteiger partial charge on any atom is -0.493 e. The van der Waals surface area contributed by atoms with E-state index in [9.17, 15) is 5.11 Å². The van der Waals surface area contributed by atoms with Gasteiger partial charge in [0, 0.05) is 10.0 Å². The first kappa shape index (κ1) is 13.9. The van der Waals surface area contributed by atoms with E-state index in [1.807, 2.05) is 18.2 Å². The van der Waals surface area contributed by atoms with Crippen LogP contribution in [0.5, 0.6) is 5.75 Å². The molecule has 2 nitrogen and oxygen atoms in total. The first-order valence-electron chi connectivity index (χ1n) is 6.77. The van der Waals surface area contributed by atoms with Crippen LogP contribution in [0.4, 0.5) is 0 Å². The fraction of sp³-hybridized carbons (Fsp3) is 0.600. The van der Waals surface area contributed by atoms with Gasteiger partial charge in [0.2, 0.25) is 0 Å². The molecule has 18 heavy (non-hydrogen) atoms. The van der Waals surface area contributed by atoms with E-state index in [0.29, 0.717) is 5.92 Å². The summed E-state index contributed by atoms with van der Waals surface area (Å²) in [6.07, 6.45) is 6.09. The summed E-state index contributed by atoms with van der Waals surface area (Å²) >= 11 is 3.45. The van der Waals surface area contributed by atoms with Gasteiger partial charge in [0.05, 0.1) is 12.7 Å². The van der Waals surface area contributed by atoms with E-state index in [4.69, 9.17) is 4.74 Å². The standard InChI is InChI=1S/C15H21BrO2/c1-11(17)14-8-7-13(16)9-15(14)18-10-12-5-3-2-4-6-12/h7-9,11-12,17H,2-6,10H2,1H3/t11-/m0/s1. The number of benzene rings is 1. The largest absolute Gasteiger partial charge is 0.493 e. The Morgan fingerprint density at radius 3 is 2.72 bits per heavy atom. The second kappa shape index (κ2) is 6.58. The van der Waals surface area contributed by atoms with E-state index in [-0.39, 0.29) is 0 Å². The maximum atomic E-state index is 9.74. The summed E-state index contributed by atoms with van der Waals surface area (Å²) in [5.74, 6) is 1.49. The van der Waals surface area contributed by atoms with Gasteiger partial charge in [0.25, 0.3) is 0 Å². The molecule has 0 spiro atoms. The van der Waals surface area contributed by atoms with Crippen molar-refractivity contribution in [2.24, 2.45) is 5.92 Å². The van der Waals surface area contributed by atoms with Gasteiger partial charge in [-0.05, 0) is 37.8 Å². The number of ether oxygens (including phenoxy) is 1. The zero-order valence-electron chi connectivity index (χ0n) is 10.9. The lowest BCUT2D eigenvalue weighted by Crippen LogP contribution is -2.16. The molecule has 3 heteroatoms. The van der Waals surface area contributed by atoms with Crippen molar-refractivity contribution in [1.29, 1.82) is 0 Å². The Labute approximate surface area is 117 Å². The number of aliphatic hydroxyl groups excluding tert-OH is 1. The minimum absolute atomic E-state index is 0.487. The van der Waals surface area contributed by atoms with Crippen LogP contribution in [0.15, 0.2) is 22.7 Å². The van der Waals surface area contributed by atoms with Crippen LogP contribution < -0.4 is 4.74 Å². The minimum atomic E-state index is -0.487. The summed E-state index contributed by atoms with van der Waals surface area (Å²) in [4.78, 5) is 0. The lowest BCUT2D eigenvalue weighted by atomic mass is 9.90.